The van der Waals surface area contributed by atoms with Gasteiger partial charge in [-0.05, 0) is 74.5 Å². The summed E-state index contributed by atoms with van der Waals surface area (Å²) >= 11 is 0. The third-order valence-corrected chi connectivity index (χ3v) is 6.04. The van der Waals surface area contributed by atoms with Crippen molar-refractivity contribution in [2.75, 3.05) is 0 Å². The molecule has 0 N–H and O–H groups in total. The molecule has 0 aromatic heterocycles. The molecule has 0 heterocycles. The average Bonchev–Trinajstić information content (AvgIpc) is 2.76. The number of hydrogen-bond acceptors (Lipinski definition) is 2. The van der Waals surface area contributed by atoms with Crippen molar-refractivity contribution >= 4 is 5.97 Å². The van der Waals surface area contributed by atoms with Crippen LogP contribution in [0.4, 0.5) is 13.2 Å². The molecule has 0 atom stereocenters. The van der Waals surface area contributed by atoms with E-state index in [9.17, 15) is 18.0 Å². The van der Waals surface area contributed by atoms with Gasteiger partial charge in [0.1, 0.15) is 5.75 Å². The molecular weight excluding hydrogens is 389 g/mol. The van der Waals surface area contributed by atoms with Crippen LogP contribution in [-0.2, 0) is 0 Å². The van der Waals surface area contributed by atoms with Gasteiger partial charge in [-0.25, -0.2) is 18.0 Å². The Morgan fingerprint density at radius 2 is 1.63 bits per heavy atom. The van der Waals surface area contributed by atoms with Crippen molar-refractivity contribution < 1.29 is 22.7 Å². The number of esters is 1. The van der Waals surface area contributed by atoms with E-state index in [-0.39, 0.29) is 11.3 Å². The molecule has 2 nitrogen and oxygen atoms in total. The second kappa shape index (κ2) is 9.96. The molecule has 2 aromatic rings. The summed E-state index contributed by atoms with van der Waals surface area (Å²) in [6.07, 6.45) is 8.04. The largest absolute Gasteiger partial charge is 0.423 e. The summed E-state index contributed by atoms with van der Waals surface area (Å²) in [5, 5.41) is 0. The van der Waals surface area contributed by atoms with Gasteiger partial charge in [0.15, 0.2) is 17.5 Å². The van der Waals surface area contributed by atoms with E-state index in [1.807, 2.05) is 12.1 Å². The molecule has 5 heteroatoms. The van der Waals surface area contributed by atoms with E-state index in [2.05, 4.69) is 13.5 Å². The number of rotatable bonds is 7. The highest BCUT2D eigenvalue weighted by atomic mass is 19.2. The molecule has 160 valence electrons. The molecule has 0 bridgehead atoms. The highest BCUT2D eigenvalue weighted by molar-refractivity contribution is 5.91. The predicted octanol–water partition coefficient (Wildman–Crippen LogP) is 7.34. The summed E-state index contributed by atoms with van der Waals surface area (Å²) in [7, 11) is 0. The normalized spacial score (nSPS) is 18.8. The van der Waals surface area contributed by atoms with Crippen LogP contribution in [0, 0.1) is 23.4 Å². The van der Waals surface area contributed by atoms with Crippen LogP contribution in [0.2, 0.25) is 0 Å². The van der Waals surface area contributed by atoms with Crippen molar-refractivity contribution in [1.29, 1.82) is 0 Å². The van der Waals surface area contributed by atoms with Gasteiger partial charge in [-0.15, -0.1) is 0 Å². The summed E-state index contributed by atoms with van der Waals surface area (Å²) in [4.78, 5) is 12.2. The maximum atomic E-state index is 13.3. The molecule has 2 aromatic carbocycles. The van der Waals surface area contributed by atoms with Gasteiger partial charge in [-0.3, -0.25) is 0 Å². The van der Waals surface area contributed by atoms with Crippen LogP contribution in [0.15, 0.2) is 48.6 Å². The lowest BCUT2D eigenvalue weighted by Crippen LogP contribution is -2.14. The molecule has 0 aliphatic heterocycles. The first-order chi connectivity index (χ1) is 14.4. The standard InChI is InChI=1S/C25H27F3O2/c1-3-16(2)4-5-17-6-8-18(9-7-17)19-10-12-20(13-11-19)25(29)30-21-14-22(26)24(28)23(27)15-21/h10-15,17-18H,2-9H2,1H3. The summed E-state index contributed by atoms with van der Waals surface area (Å²) in [6.45, 7) is 6.24. The molecular formula is C25H27F3O2. The fourth-order valence-electron chi connectivity index (χ4n) is 4.02. The molecule has 0 spiro atoms. The zero-order valence-electron chi connectivity index (χ0n) is 17.2. The lowest BCUT2D eigenvalue weighted by Gasteiger charge is -2.29. The Bertz CT molecular complexity index is 874. The zero-order chi connectivity index (χ0) is 21.7. The molecule has 1 aliphatic carbocycles. The number of ether oxygens (including phenoxy) is 1. The van der Waals surface area contributed by atoms with Crippen LogP contribution in [0.1, 0.15) is 73.7 Å². The van der Waals surface area contributed by atoms with Gasteiger partial charge in [0, 0.05) is 12.1 Å². The summed E-state index contributed by atoms with van der Waals surface area (Å²) < 4.78 is 44.5. The minimum Gasteiger partial charge on any atom is -0.423 e. The fourth-order valence-corrected chi connectivity index (χ4v) is 4.02. The Morgan fingerprint density at radius 1 is 1.03 bits per heavy atom. The smallest absolute Gasteiger partial charge is 0.343 e. The number of carbonyl (C=O) groups excluding carboxylic acids is 1. The maximum Gasteiger partial charge on any atom is 0.343 e. The van der Waals surface area contributed by atoms with Crippen LogP contribution in [0.5, 0.6) is 5.75 Å². The van der Waals surface area contributed by atoms with E-state index >= 15 is 0 Å². The second-order valence-corrected chi connectivity index (χ2v) is 8.07. The zero-order valence-corrected chi connectivity index (χ0v) is 17.2. The minimum absolute atomic E-state index is 0.274. The minimum atomic E-state index is -1.59. The van der Waals surface area contributed by atoms with Gasteiger partial charge in [0.2, 0.25) is 0 Å². The maximum absolute atomic E-state index is 13.3. The number of halogens is 3. The molecule has 3 rings (SSSR count). The van der Waals surface area contributed by atoms with Crippen LogP contribution < -0.4 is 4.74 Å². The van der Waals surface area contributed by atoms with Crippen molar-refractivity contribution in [1.82, 2.24) is 0 Å². The van der Waals surface area contributed by atoms with E-state index in [0.29, 0.717) is 18.1 Å². The second-order valence-electron chi connectivity index (χ2n) is 8.07. The summed E-state index contributed by atoms with van der Waals surface area (Å²) in [5.41, 5.74) is 2.78. The lowest BCUT2D eigenvalue weighted by atomic mass is 9.77. The van der Waals surface area contributed by atoms with E-state index < -0.39 is 23.4 Å². The first kappa shape index (κ1) is 22.1. The molecule has 1 saturated carbocycles. The van der Waals surface area contributed by atoms with E-state index in [4.69, 9.17) is 4.74 Å². The number of benzene rings is 2. The van der Waals surface area contributed by atoms with E-state index in [0.717, 1.165) is 31.6 Å². The lowest BCUT2D eigenvalue weighted by molar-refractivity contribution is 0.0733. The first-order valence-corrected chi connectivity index (χ1v) is 10.5. The monoisotopic (exact) mass is 416 g/mol. The van der Waals surface area contributed by atoms with Crippen LogP contribution in [-0.4, -0.2) is 5.97 Å². The summed E-state index contributed by atoms with van der Waals surface area (Å²) in [6, 6.07) is 8.44. The Morgan fingerprint density at radius 3 is 2.20 bits per heavy atom. The average molecular weight is 416 g/mol. The molecule has 0 radical (unpaired) electrons. The van der Waals surface area contributed by atoms with E-state index in [1.54, 1.807) is 12.1 Å². The Balaban J connectivity index is 1.55. The van der Waals surface area contributed by atoms with Crippen molar-refractivity contribution in [2.45, 2.75) is 57.8 Å². The van der Waals surface area contributed by atoms with Gasteiger partial charge in [0.25, 0.3) is 0 Å². The molecule has 0 unspecified atom stereocenters. The topological polar surface area (TPSA) is 26.3 Å². The van der Waals surface area contributed by atoms with Crippen LogP contribution in [0.3, 0.4) is 0 Å². The quantitative estimate of drug-likeness (QED) is 0.204. The van der Waals surface area contributed by atoms with Crippen molar-refractivity contribution in [3.8, 4) is 5.75 Å². The number of carbonyl (C=O) groups is 1. The molecule has 1 aliphatic rings. The number of allylic oxidation sites excluding steroid dienone is 1. The molecule has 30 heavy (non-hydrogen) atoms. The van der Waals surface area contributed by atoms with Gasteiger partial charge >= 0.3 is 5.97 Å². The molecule has 0 saturated heterocycles. The fraction of sp³-hybridized carbons (Fsp3) is 0.400. The Kier molecular flexibility index (Phi) is 7.35. The Hall–Kier alpha value is -2.56. The third-order valence-electron chi connectivity index (χ3n) is 6.04. The van der Waals surface area contributed by atoms with Gasteiger partial charge in [-0.1, -0.05) is 31.2 Å². The third kappa shape index (κ3) is 5.53. The van der Waals surface area contributed by atoms with Crippen LogP contribution >= 0.6 is 0 Å². The van der Waals surface area contributed by atoms with Crippen LogP contribution in [0.25, 0.3) is 0 Å². The highest BCUT2D eigenvalue weighted by Gasteiger charge is 2.23. The first-order valence-electron chi connectivity index (χ1n) is 10.5. The van der Waals surface area contributed by atoms with Crippen molar-refractivity contribution in [2.24, 2.45) is 5.92 Å². The Labute approximate surface area is 175 Å². The van der Waals surface area contributed by atoms with Gasteiger partial charge < -0.3 is 4.74 Å². The van der Waals surface area contributed by atoms with Gasteiger partial charge in [-0.2, -0.15) is 0 Å². The highest BCUT2D eigenvalue weighted by Crippen LogP contribution is 2.38. The number of hydrogen-bond donors (Lipinski definition) is 0. The van der Waals surface area contributed by atoms with Crippen molar-refractivity contribution in [3.63, 3.8) is 0 Å². The van der Waals surface area contributed by atoms with Crippen molar-refractivity contribution in [3.05, 3.63) is 77.1 Å². The molecule has 0 amide bonds. The summed E-state index contributed by atoms with van der Waals surface area (Å²) in [5.74, 6) is -4.28. The van der Waals surface area contributed by atoms with Gasteiger partial charge in [0.05, 0.1) is 5.56 Å². The van der Waals surface area contributed by atoms with E-state index in [1.165, 1.54) is 30.4 Å². The SMILES string of the molecule is C=C(CC)CCC1CCC(c2ccc(C(=O)Oc3cc(F)c(F)c(F)c3)cc2)CC1. The predicted molar refractivity (Wildman–Crippen MR) is 111 cm³/mol. The molecule has 1 fully saturated rings.